The second-order valence-electron chi connectivity index (χ2n) is 7.57. The van der Waals surface area contributed by atoms with Gasteiger partial charge in [-0.1, -0.05) is 11.6 Å². The van der Waals surface area contributed by atoms with Crippen molar-refractivity contribution in [2.24, 2.45) is 0 Å². The van der Waals surface area contributed by atoms with Crippen LogP contribution in [0.15, 0.2) is 30.6 Å². The molecule has 0 aliphatic carbocycles. The molecule has 1 aromatic carbocycles. The predicted octanol–water partition coefficient (Wildman–Crippen LogP) is 2.92. The molecule has 1 amide bonds. The molecule has 1 aromatic heterocycles. The molecule has 2 aliphatic heterocycles. The van der Waals surface area contributed by atoms with E-state index in [1.54, 1.807) is 12.1 Å². The monoisotopic (exact) mass is 418 g/mol. The van der Waals surface area contributed by atoms with E-state index in [1.165, 1.54) is 18.5 Å². The molecule has 4 rings (SSSR count). The van der Waals surface area contributed by atoms with Crippen LogP contribution in [0.3, 0.4) is 0 Å². The van der Waals surface area contributed by atoms with Gasteiger partial charge in [0, 0.05) is 42.5 Å². The minimum absolute atomic E-state index is 0.0469. The van der Waals surface area contributed by atoms with Crippen LogP contribution in [0.1, 0.15) is 25.7 Å². The fraction of sp³-hybridized carbons (Fsp3) is 0.450. The number of nitrogens with two attached hydrogens (primary N) is 1. The molecule has 2 aromatic rings. The Morgan fingerprint density at radius 1 is 1.14 bits per heavy atom. The summed E-state index contributed by atoms with van der Waals surface area (Å²) < 4.78 is 13.6. The first-order valence-corrected chi connectivity index (χ1v) is 10.2. The SMILES string of the molecule is Nc1cc(N2CCCC(N3CCCC(Nc4cc(F)cc(Cl)c4)C3=O)C2)ncn1. The van der Waals surface area contributed by atoms with E-state index in [0.29, 0.717) is 29.5 Å². The van der Waals surface area contributed by atoms with Crippen LogP contribution in [0.5, 0.6) is 0 Å². The fourth-order valence-electron chi connectivity index (χ4n) is 4.19. The predicted molar refractivity (Wildman–Crippen MR) is 111 cm³/mol. The summed E-state index contributed by atoms with van der Waals surface area (Å²) in [6.07, 6.45) is 4.98. The zero-order chi connectivity index (χ0) is 20.4. The Labute approximate surface area is 174 Å². The van der Waals surface area contributed by atoms with E-state index in [9.17, 15) is 9.18 Å². The van der Waals surface area contributed by atoms with Crippen LogP contribution in [0.4, 0.5) is 21.7 Å². The van der Waals surface area contributed by atoms with Gasteiger partial charge in [-0.25, -0.2) is 14.4 Å². The molecule has 2 saturated heterocycles. The van der Waals surface area contributed by atoms with Gasteiger partial charge in [0.2, 0.25) is 5.91 Å². The Kier molecular flexibility index (Phi) is 5.71. The summed E-state index contributed by atoms with van der Waals surface area (Å²) in [6, 6.07) is 5.73. The lowest BCUT2D eigenvalue weighted by Crippen LogP contribution is -2.56. The van der Waals surface area contributed by atoms with Gasteiger partial charge in [-0.2, -0.15) is 0 Å². The standard InChI is InChI=1S/C20H24ClFN6O/c21-13-7-14(22)9-15(8-13)26-17-4-2-6-28(20(17)29)16-3-1-5-27(11-16)19-10-18(23)24-12-25-19/h7-10,12,16-17,26H,1-6,11H2,(H2,23,24,25). The van der Waals surface area contributed by atoms with Crippen molar-refractivity contribution in [2.45, 2.75) is 37.8 Å². The Morgan fingerprint density at radius 3 is 2.76 bits per heavy atom. The molecule has 0 radical (unpaired) electrons. The van der Waals surface area contributed by atoms with Crippen molar-refractivity contribution >= 4 is 34.8 Å². The van der Waals surface area contributed by atoms with E-state index in [0.717, 1.165) is 38.2 Å². The number of anilines is 3. The molecule has 2 unspecified atom stereocenters. The highest BCUT2D eigenvalue weighted by Crippen LogP contribution is 2.27. The van der Waals surface area contributed by atoms with Gasteiger partial charge in [-0.3, -0.25) is 4.79 Å². The summed E-state index contributed by atoms with van der Waals surface area (Å²) in [6.45, 7) is 2.31. The van der Waals surface area contributed by atoms with Gasteiger partial charge in [0.1, 0.15) is 29.8 Å². The highest BCUT2D eigenvalue weighted by molar-refractivity contribution is 6.30. The third-order valence-corrected chi connectivity index (χ3v) is 5.73. The quantitative estimate of drug-likeness (QED) is 0.793. The van der Waals surface area contributed by atoms with Crippen molar-refractivity contribution < 1.29 is 9.18 Å². The first-order valence-electron chi connectivity index (χ1n) is 9.85. The highest BCUT2D eigenvalue weighted by atomic mass is 35.5. The molecule has 2 fully saturated rings. The maximum absolute atomic E-state index is 13.6. The van der Waals surface area contributed by atoms with Crippen molar-refractivity contribution in [2.75, 3.05) is 35.6 Å². The molecule has 0 saturated carbocycles. The molecule has 29 heavy (non-hydrogen) atoms. The molecule has 7 nitrogen and oxygen atoms in total. The zero-order valence-electron chi connectivity index (χ0n) is 16.0. The molecular weight excluding hydrogens is 395 g/mol. The largest absolute Gasteiger partial charge is 0.384 e. The Bertz CT molecular complexity index is 877. The summed E-state index contributed by atoms with van der Waals surface area (Å²) in [4.78, 5) is 25.6. The molecule has 0 spiro atoms. The van der Waals surface area contributed by atoms with Crippen molar-refractivity contribution in [1.82, 2.24) is 14.9 Å². The molecular formula is C20H24ClFN6O. The number of nitrogens with one attached hydrogen (secondary N) is 1. The average molecular weight is 419 g/mol. The van der Waals surface area contributed by atoms with E-state index in [-0.39, 0.29) is 18.0 Å². The molecule has 0 bridgehead atoms. The van der Waals surface area contributed by atoms with Crippen molar-refractivity contribution in [3.8, 4) is 0 Å². The van der Waals surface area contributed by atoms with Gasteiger partial charge in [0.05, 0.1) is 0 Å². The minimum Gasteiger partial charge on any atom is -0.384 e. The van der Waals surface area contributed by atoms with Gasteiger partial charge in [-0.15, -0.1) is 0 Å². The van der Waals surface area contributed by atoms with Gasteiger partial charge in [-0.05, 0) is 43.9 Å². The molecule has 2 aliphatic rings. The third-order valence-electron chi connectivity index (χ3n) is 5.51. The summed E-state index contributed by atoms with van der Waals surface area (Å²) in [5, 5.41) is 3.47. The summed E-state index contributed by atoms with van der Waals surface area (Å²) >= 11 is 5.94. The molecule has 154 valence electrons. The van der Waals surface area contributed by atoms with Gasteiger partial charge in [0.15, 0.2) is 0 Å². The second kappa shape index (κ2) is 8.41. The number of nitrogens with zero attached hydrogens (tertiary/aromatic N) is 4. The summed E-state index contributed by atoms with van der Waals surface area (Å²) in [7, 11) is 0. The maximum atomic E-state index is 13.6. The number of rotatable bonds is 4. The van der Waals surface area contributed by atoms with Crippen LogP contribution in [0, 0.1) is 5.82 Å². The first kappa shape index (κ1) is 19.7. The molecule has 3 heterocycles. The van der Waals surface area contributed by atoms with E-state index in [2.05, 4.69) is 20.2 Å². The van der Waals surface area contributed by atoms with Crippen molar-refractivity contribution in [3.63, 3.8) is 0 Å². The maximum Gasteiger partial charge on any atom is 0.245 e. The van der Waals surface area contributed by atoms with Crippen LogP contribution < -0.4 is 16.0 Å². The number of carbonyl (C=O) groups excluding carboxylic acids is 1. The van der Waals surface area contributed by atoms with Crippen LogP contribution in [-0.2, 0) is 4.79 Å². The lowest BCUT2D eigenvalue weighted by Gasteiger charge is -2.43. The number of amides is 1. The number of nitrogen functional groups attached to an aromatic ring is 1. The number of carbonyl (C=O) groups is 1. The average Bonchev–Trinajstić information content (AvgIpc) is 2.69. The molecule has 9 heteroatoms. The topological polar surface area (TPSA) is 87.4 Å². The van der Waals surface area contributed by atoms with Crippen LogP contribution >= 0.6 is 11.6 Å². The van der Waals surface area contributed by atoms with Gasteiger partial charge in [0.25, 0.3) is 0 Å². The number of piperidine rings is 2. The number of hydrogen-bond acceptors (Lipinski definition) is 6. The molecule has 2 atom stereocenters. The smallest absolute Gasteiger partial charge is 0.245 e. The third kappa shape index (κ3) is 4.53. The second-order valence-corrected chi connectivity index (χ2v) is 8.01. The van der Waals surface area contributed by atoms with Crippen LogP contribution in [0.2, 0.25) is 5.02 Å². The van der Waals surface area contributed by atoms with Gasteiger partial charge >= 0.3 is 0 Å². The number of halogens is 2. The van der Waals surface area contributed by atoms with Crippen LogP contribution in [-0.4, -0.2) is 52.5 Å². The van der Waals surface area contributed by atoms with Gasteiger partial charge < -0.3 is 20.9 Å². The van der Waals surface area contributed by atoms with Crippen molar-refractivity contribution in [1.29, 1.82) is 0 Å². The number of hydrogen-bond donors (Lipinski definition) is 2. The van der Waals surface area contributed by atoms with Crippen molar-refractivity contribution in [3.05, 3.63) is 41.4 Å². The Morgan fingerprint density at radius 2 is 1.97 bits per heavy atom. The summed E-state index contributed by atoms with van der Waals surface area (Å²) in [5.74, 6) is 0.845. The lowest BCUT2D eigenvalue weighted by molar-refractivity contribution is -0.137. The normalized spacial score (nSPS) is 22.6. The summed E-state index contributed by atoms with van der Waals surface area (Å²) in [5.41, 5.74) is 6.32. The van der Waals surface area contributed by atoms with Crippen LogP contribution in [0.25, 0.3) is 0 Å². The fourth-order valence-corrected chi connectivity index (χ4v) is 4.41. The minimum atomic E-state index is -0.424. The lowest BCUT2D eigenvalue weighted by atomic mass is 9.97. The highest BCUT2D eigenvalue weighted by Gasteiger charge is 2.35. The number of likely N-dealkylation sites (tertiary alicyclic amines) is 1. The van der Waals surface area contributed by atoms with E-state index in [1.807, 2.05) is 4.90 Å². The zero-order valence-corrected chi connectivity index (χ0v) is 16.8. The number of aromatic nitrogens is 2. The van der Waals surface area contributed by atoms with E-state index < -0.39 is 5.82 Å². The van der Waals surface area contributed by atoms with E-state index >= 15 is 0 Å². The Balaban J connectivity index is 1.45. The van der Waals surface area contributed by atoms with E-state index in [4.69, 9.17) is 17.3 Å². The molecule has 3 N–H and O–H groups in total. The number of benzene rings is 1. The first-order chi connectivity index (χ1) is 14.0. The Hall–Kier alpha value is -2.61.